The molecular formula is C14H28O2. The van der Waals surface area contributed by atoms with E-state index in [1.165, 1.54) is 12.8 Å². The summed E-state index contributed by atoms with van der Waals surface area (Å²) in [4.78, 5) is 0. The van der Waals surface area contributed by atoms with Crippen LogP contribution in [-0.2, 0) is 4.74 Å². The van der Waals surface area contributed by atoms with E-state index in [1.54, 1.807) is 0 Å². The van der Waals surface area contributed by atoms with Gasteiger partial charge in [0.05, 0.1) is 19.3 Å². The number of hydrogen-bond acceptors (Lipinski definition) is 2. The predicted molar refractivity (Wildman–Crippen MR) is 67.4 cm³/mol. The summed E-state index contributed by atoms with van der Waals surface area (Å²) in [5, 5.41) is 9.20. The van der Waals surface area contributed by atoms with Gasteiger partial charge in [0.2, 0.25) is 0 Å². The summed E-state index contributed by atoms with van der Waals surface area (Å²) in [6, 6.07) is 0. The van der Waals surface area contributed by atoms with Crippen molar-refractivity contribution in [3.05, 3.63) is 0 Å². The quantitative estimate of drug-likeness (QED) is 0.800. The van der Waals surface area contributed by atoms with Gasteiger partial charge < -0.3 is 9.84 Å². The summed E-state index contributed by atoms with van der Waals surface area (Å²) in [5.74, 6) is 0.756. The van der Waals surface area contributed by atoms with Crippen LogP contribution in [0.2, 0.25) is 0 Å². The molecule has 0 heterocycles. The molecule has 2 nitrogen and oxygen atoms in total. The SMILES string of the molecule is CC1CC(OCC(C)(C)CO)CC(C)(C)C1. The minimum Gasteiger partial charge on any atom is -0.396 e. The lowest BCUT2D eigenvalue weighted by atomic mass is 9.71. The Bertz CT molecular complexity index is 221. The highest BCUT2D eigenvalue weighted by molar-refractivity contribution is 4.83. The Morgan fingerprint density at radius 3 is 2.44 bits per heavy atom. The highest BCUT2D eigenvalue weighted by atomic mass is 16.5. The van der Waals surface area contributed by atoms with Crippen molar-refractivity contribution in [2.24, 2.45) is 16.7 Å². The Kier molecular flexibility index (Phi) is 4.42. The lowest BCUT2D eigenvalue weighted by Gasteiger charge is -2.39. The fourth-order valence-electron chi connectivity index (χ4n) is 2.77. The summed E-state index contributed by atoms with van der Waals surface area (Å²) in [6.45, 7) is 11.9. The van der Waals surface area contributed by atoms with Crippen LogP contribution in [0.3, 0.4) is 0 Å². The normalized spacial score (nSPS) is 30.4. The van der Waals surface area contributed by atoms with Crippen molar-refractivity contribution in [2.45, 2.75) is 60.0 Å². The van der Waals surface area contributed by atoms with Crippen molar-refractivity contribution in [2.75, 3.05) is 13.2 Å². The molecule has 1 aliphatic rings. The van der Waals surface area contributed by atoms with E-state index in [1.807, 2.05) is 13.8 Å². The molecule has 0 aromatic rings. The average Bonchev–Trinajstić information content (AvgIpc) is 2.12. The van der Waals surface area contributed by atoms with Crippen LogP contribution in [0.4, 0.5) is 0 Å². The molecule has 0 aromatic carbocycles. The van der Waals surface area contributed by atoms with Gasteiger partial charge in [-0.15, -0.1) is 0 Å². The average molecular weight is 228 g/mol. The van der Waals surface area contributed by atoms with E-state index in [9.17, 15) is 5.11 Å². The smallest absolute Gasteiger partial charge is 0.0583 e. The molecule has 16 heavy (non-hydrogen) atoms. The van der Waals surface area contributed by atoms with Gasteiger partial charge in [0.15, 0.2) is 0 Å². The third-order valence-electron chi connectivity index (χ3n) is 3.48. The van der Waals surface area contributed by atoms with Gasteiger partial charge in [0, 0.05) is 5.41 Å². The van der Waals surface area contributed by atoms with Gasteiger partial charge in [-0.3, -0.25) is 0 Å². The van der Waals surface area contributed by atoms with Crippen molar-refractivity contribution < 1.29 is 9.84 Å². The van der Waals surface area contributed by atoms with Gasteiger partial charge in [-0.2, -0.15) is 0 Å². The maximum atomic E-state index is 9.20. The summed E-state index contributed by atoms with van der Waals surface area (Å²) in [6.07, 6.45) is 4.00. The standard InChI is InChI=1S/C14H28O2/c1-11-6-12(8-13(2,3)7-11)16-10-14(4,5)9-15/h11-12,15H,6-10H2,1-5H3. The van der Waals surface area contributed by atoms with Crippen LogP contribution in [0.15, 0.2) is 0 Å². The van der Waals surface area contributed by atoms with Gasteiger partial charge in [-0.05, 0) is 30.6 Å². The van der Waals surface area contributed by atoms with Gasteiger partial charge in [0.25, 0.3) is 0 Å². The molecule has 0 spiro atoms. The molecule has 1 aliphatic carbocycles. The van der Waals surface area contributed by atoms with E-state index >= 15 is 0 Å². The molecule has 0 amide bonds. The first-order valence-electron chi connectivity index (χ1n) is 6.47. The number of ether oxygens (including phenoxy) is 1. The van der Waals surface area contributed by atoms with E-state index in [-0.39, 0.29) is 12.0 Å². The second-order valence-electron chi connectivity index (χ2n) is 7.17. The number of rotatable bonds is 4. The molecule has 1 saturated carbocycles. The van der Waals surface area contributed by atoms with Crippen LogP contribution >= 0.6 is 0 Å². The Balaban J connectivity index is 2.43. The Hall–Kier alpha value is -0.0800. The third kappa shape index (κ3) is 4.42. The van der Waals surface area contributed by atoms with E-state index in [2.05, 4.69) is 20.8 Å². The van der Waals surface area contributed by atoms with E-state index in [4.69, 9.17) is 4.74 Å². The molecule has 1 rings (SSSR count). The predicted octanol–water partition coefficient (Wildman–Crippen LogP) is 3.24. The summed E-state index contributed by atoms with van der Waals surface area (Å²) >= 11 is 0. The first kappa shape index (κ1) is 14.0. The number of aliphatic hydroxyl groups excluding tert-OH is 1. The third-order valence-corrected chi connectivity index (χ3v) is 3.48. The van der Waals surface area contributed by atoms with Gasteiger partial charge in [-0.25, -0.2) is 0 Å². The summed E-state index contributed by atoms with van der Waals surface area (Å²) in [5.41, 5.74) is 0.302. The molecule has 2 heteroatoms. The van der Waals surface area contributed by atoms with Crippen LogP contribution in [0.25, 0.3) is 0 Å². The van der Waals surface area contributed by atoms with Crippen molar-refractivity contribution in [1.82, 2.24) is 0 Å². The van der Waals surface area contributed by atoms with E-state index < -0.39 is 0 Å². The molecule has 1 fully saturated rings. The second-order valence-corrected chi connectivity index (χ2v) is 7.17. The minimum atomic E-state index is -0.106. The summed E-state index contributed by atoms with van der Waals surface area (Å²) < 4.78 is 5.98. The molecule has 1 N–H and O–H groups in total. The molecule has 0 bridgehead atoms. The number of aliphatic hydroxyl groups is 1. The monoisotopic (exact) mass is 228 g/mol. The highest BCUT2D eigenvalue weighted by Crippen LogP contribution is 2.40. The Labute approximate surface area is 100 Å². The van der Waals surface area contributed by atoms with Crippen LogP contribution in [-0.4, -0.2) is 24.4 Å². The van der Waals surface area contributed by atoms with Gasteiger partial charge >= 0.3 is 0 Å². The first-order chi connectivity index (χ1) is 7.24. The van der Waals surface area contributed by atoms with Crippen LogP contribution in [0.1, 0.15) is 53.9 Å². The van der Waals surface area contributed by atoms with Crippen molar-refractivity contribution >= 4 is 0 Å². The number of hydrogen-bond donors (Lipinski definition) is 1. The minimum absolute atomic E-state index is 0.106. The Morgan fingerprint density at radius 1 is 1.31 bits per heavy atom. The van der Waals surface area contributed by atoms with E-state index in [0.717, 1.165) is 12.3 Å². The molecule has 96 valence electrons. The van der Waals surface area contributed by atoms with Crippen molar-refractivity contribution in [3.8, 4) is 0 Å². The van der Waals surface area contributed by atoms with Crippen LogP contribution in [0.5, 0.6) is 0 Å². The molecule has 0 aromatic heterocycles. The molecule has 2 atom stereocenters. The second kappa shape index (κ2) is 5.05. The fraction of sp³-hybridized carbons (Fsp3) is 1.00. The molecule has 2 unspecified atom stereocenters. The zero-order valence-corrected chi connectivity index (χ0v) is 11.5. The van der Waals surface area contributed by atoms with Crippen molar-refractivity contribution in [3.63, 3.8) is 0 Å². The van der Waals surface area contributed by atoms with Gasteiger partial charge in [-0.1, -0.05) is 34.6 Å². The van der Waals surface area contributed by atoms with Gasteiger partial charge in [0.1, 0.15) is 0 Å². The molecule has 0 saturated heterocycles. The zero-order valence-electron chi connectivity index (χ0n) is 11.5. The fourth-order valence-corrected chi connectivity index (χ4v) is 2.77. The molecular weight excluding hydrogens is 200 g/mol. The largest absolute Gasteiger partial charge is 0.396 e. The maximum Gasteiger partial charge on any atom is 0.0583 e. The van der Waals surface area contributed by atoms with Crippen LogP contribution in [0, 0.1) is 16.7 Å². The Morgan fingerprint density at radius 2 is 1.94 bits per heavy atom. The lowest BCUT2D eigenvalue weighted by Crippen LogP contribution is -2.35. The summed E-state index contributed by atoms with van der Waals surface area (Å²) in [7, 11) is 0. The maximum absolute atomic E-state index is 9.20. The first-order valence-corrected chi connectivity index (χ1v) is 6.47. The zero-order chi connectivity index (χ0) is 12.4. The molecule has 0 radical (unpaired) electrons. The topological polar surface area (TPSA) is 29.5 Å². The molecule has 0 aliphatic heterocycles. The van der Waals surface area contributed by atoms with Crippen LogP contribution < -0.4 is 0 Å². The highest BCUT2D eigenvalue weighted by Gasteiger charge is 2.33. The van der Waals surface area contributed by atoms with E-state index in [0.29, 0.717) is 18.1 Å². The van der Waals surface area contributed by atoms with Crippen molar-refractivity contribution in [1.29, 1.82) is 0 Å². The lowest BCUT2D eigenvalue weighted by molar-refractivity contribution is -0.0616.